The lowest BCUT2D eigenvalue weighted by Crippen LogP contribution is -2.23. The van der Waals surface area contributed by atoms with Crippen LogP contribution in [0.5, 0.6) is 5.75 Å². The predicted molar refractivity (Wildman–Crippen MR) is 69.6 cm³/mol. The molecule has 0 aliphatic carbocycles. The van der Waals surface area contributed by atoms with Crippen molar-refractivity contribution in [3.8, 4) is 5.75 Å². The Morgan fingerprint density at radius 2 is 2.00 bits per heavy atom. The minimum Gasteiger partial charge on any atom is -0.487 e. The Labute approximate surface area is 99.3 Å². The number of benzene rings is 1. The van der Waals surface area contributed by atoms with Crippen molar-refractivity contribution in [2.24, 2.45) is 0 Å². The largest absolute Gasteiger partial charge is 0.487 e. The quantitative estimate of drug-likeness (QED) is 0.747. The summed E-state index contributed by atoms with van der Waals surface area (Å²) in [6, 6.07) is 6.06. The molecule has 1 aromatic carbocycles. The summed E-state index contributed by atoms with van der Waals surface area (Å²) in [6.07, 6.45) is 1.84. The van der Waals surface area contributed by atoms with Crippen molar-refractivity contribution in [1.82, 2.24) is 0 Å². The molecule has 0 bridgehead atoms. The summed E-state index contributed by atoms with van der Waals surface area (Å²) in [5.41, 5.74) is 0.978. The Kier molecular flexibility index (Phi) is 3.59. The van der Waals surface area contributed by atoms with E-state index in [9.17, 15) is 0 Å². The van der Waals surface area contributed by atoms with Gasteiger partial charge in [0.1, 0.15) is 11.4 Å². The van der Waals surface area contributed by atoms with Crippen molar-refractivity contribution in [2.45, 2.75) is 26.4 Å². The van der Waals surface area contributed by atoms with Crippen molar-refractivity contribution in [3.05, 3.63) is 33.9 Å². The lowest BCUT2D eigenvalue weighted by atomic mass is 10.2. The zero-order valence-electron chi connectivity index (χ0n) is 8.80. The molecule has 0 amide bonds. The second-order valence-corrected chi connectivity index (χ2v) is 5.27. The Hall–Kier alpha value is -0.510. The fourth-order valence-electron chi connectivity index (χ4n) is 1.06. The lowest BCUT2D eigenvalue weighted by molar-refractivity contribution is 0.129. The van der Waals surface area contributed by atoms with Crippen LogP contribution in [-0.2, 0) is 0 Å². The van der Waals surface area contributed by atoms with Gasteiger partial charge in [0.2, 0.25) is 0 Å². The van der Waals surface area contributed by atoms with E-state index in [0.29, 0.717) is 0 Å². The van der Waals surface area contributed by atoms with Crippen LogP contribution in [0.15, 0.2) is 24.8 Å². The number of ether oxygens (including phenoxy) is 1. The zero-order chi connectivity index (χ0) is 10.8. The summed E-state index contributed by atoms with van der Waals surface area (Å²) in [4.78, 5) is 0. The van der Waals surface area contributed by atoms with E-state index in [-0.39, 0.29) is 5.60 Å². The molecular formula is C12H15IO. The topological polar surface area (TPSA) is 9.23 Å². The van der Waals surface area contributed by atoms with Crippen LogP contribution in [0, 0.1) is 3.57 Å². The van der Waals surface area contributed by atoms with Crippen LogP contribution in [0.25, 0.3) is 6.08 Å². The van der Waals surface area contributed by atoms with Gasteiger partial charge in [0.25, 0.3) is 0 Å². The third kappa shape index (κ3) is 3.33. The Bertz CT molecular complexity index is 337. The van der Waals surface area contributed by atoms with Crippen LogP contribution in [-0.4, -0.2) is 5.60 Å². The molecule has 1 nitrogen and oxygen atoms in total. The van der Waals surface area contributed by atoms with Gasteiger partial charge in [-0.1, -0.05) is 18.7 Å². The molecule has 0 aliphatic rings. The van der Waals surface area contributed by atoms with E-state index in [1.54, 1.807) is 0 Å². The van der Waals surface area contributed by atoms with Crippen molar-refractivity contribution < 1.29 is 4.74 Å². The zero-order valence-corrected chi connectivity index (χ0v) is 11.0. The van der Waals surface area contributed by atoms with E-state index < -0.39 is 0 Å². The minimum atomic E-state index is -0.143. The van der Waals surface area contributed by atoms with Gasteiger partial charge < -0.3 is 4.74 Å². The molecule has 0 N–H and O–H groups in total. The first-order valence-corrected chi connectivity index (χ1v) is 5.61. The third-order valence-electron chi connectivity index (χ3n) is 1.61. The second-order valence-electron chi connectivity index (χ2n) is 4.11. The highest BCUT2D eigenvalue weighted by molar-refractivity contribution is 14.1. The highest BCUT2D eigenvalue weighted by Gasteiger charge is 2.13. The maximum atomic E-state index is 5.79. The Morgan fingerprint density at radius 1 is 1.36 bits per heavy atom. The Balaban J connectivity index is 2.95. The monoisotopic (exact) mass is 302 g/mol. The maximum Gasteiger partial charge on any atom is 0.133 e. The molecule has 76 valence electrons. The van der Waals surface area contributed by atoms with Crippen LogP contribution < -0.4 is 4.74 Å². The molecule has 0 radical (unpaired) electrons. The van der Waals surface area contributed by atoms with Gasteiger partial charge in [-0.2, -0.15) is 0 Å². The summed E-state index contributed by atoms with van der Waals surface area (Å²) in [5.74, 6) is 0.934. The van der Waals surface area contributed by atoms with E-state index in [1.165, 1.54) is 0 Å². The summed E-state index contributed by atoms with van der Waals surface area (Å²) < 4.78 is 6.91. The maximum absolute atomic E-state index is 5.79. The molecule has 0 heterocycles. The molecule has 0 aromatic heterocycles. The van der Waals surface area contributed by atoms with Crippen molar-refractivity contribution in [1.29, 1.82) is 0 Å². The standard InChI is InChI=1S/C12H15IO/c1-5-9-6-7-11(10(13)8-9)14-12(2,3)4/h5-8H,1H2,2-4H3. The van der Waals surface area contributed by atoms with Gasteiger partial charge in [0.05, 0.1) is 3.57 Å². The van der Waals surface area contributed by atoms with Gasteiger partial charge in [-0.15, -0.1) is 0 Å². The van der Waals surface area contributed by atoms with Crippen LogP contribution in [0.4, 0.5) is 0 Å². The lowest BCUT2D eigenvalue weighted by Gasteiger charge is -2.22. The van der Waals surface area contributed by atoms with E-state index in [4.69, 9.17) is 4.74 Å². The molecule has 0 saturated carbocycles. The smallest absolute Gasteiger partial charge is 0.133 e. The summed E-state index contributed by atoms with van der Waals surface area (Å²) >= 11 is 2.28. The van der Waals surface area contributed by atoms with E-state index in [1.807, 2.05) is 39.0 Å². The number of rotatable bonds is 2. The average Bonchev–Trinajstić information content (AvgIpc) is 2.06. The molecule has 0 unspecified atom stereocenters. The molecule has 0 fully saturated rings. The molecule has 0 aliphatic heterocycles. The van der Waals surface area contributed by atoms with Gasteiger partial charge in [-0.05, 0) is 61.1 Å². The fourth-order valence-corrected chi connectivity index (χ4v) is 1.71. The molecular weight excluding hydrogens is 287 g/mol. The van der Waals surface area contributed by atoms with Gasteiger partial charge in [-0.3, -0.25) is 0 Å². The van der Waals surface area contributed by atoms with E-state index in [0.717, 1.165) is 14.9 Å². The molecule has 0 atom stereocenters. The van der Waals surface area contributed by atoms with Gasteiger partial charge >= 0.3 is 0 Å². The predicted octanol–water partition coefficient (Wildman–Crippen LogP) is 4.11. The summed E-state index contributed by atoms with van der Waals surface area (Å²) in [6.45, 7) is 9.87. The number of halogens is 1. The molecule has 0 spiro atoms. The average molecular weight is 302 g/mol. The van der Waals surface area contributed by atoms with Crippen molar-refractivity contribution in [2.75, 3.05) is 0 Å². The van der Waals surface area contributed by atoms with Crippen LogP contribution in [0.3, 0.4) is 0 Å². The normalized spacial score (nSPS) is 11.1. The molecule has 0 saturated heterocycles. The number of hydrogen-bond acceptors (Lipinski definition) is 1. The van der Waals surface area contributed by atoms with Gasteiger partial charge in [-0.25, -0.2) is 0 Å². The molecule has 1 rings (SSSR count). The third-order valence-corrected chi connectivity index (χ3v) is 2.45. The van der Waals surface area contributed by atoms with Crippen molar-refractivity contribution >= 4 is 28.7 Å². The first-order valence-electron chi connectivity index (χ1n) is 4.53. The summed E-state index contributed by atoms with van der Waals surface area (Å²) in [5, 5.41) is 0. The Morgan fingerprint density at radius 3 is 2.43 bits per heavy atom. The van der Waals surface area contributed by atoms with Crippen molar-refractivity contribution in [3.63, 3.8) is 0 Å². The summed E-state index contributed by atoms with van der Waals surface area (Å²) in [7, 11) is 0. The van der Waals surface area contributed by atoms with E-state index in [2.05, 4.69) is 35.2 Å². The van der Waals surface area contributed by atoms with Crippen LogP contribution >= 0.6 is 22.6 Å². The highest BCUT2D eigenvalue weighted by atomic mass is 127. The van der Waals surface area contributed by atoms with Crippen LogP contribution in [0.2, 0.25) is 0 Å². The first-order chi connectivity index (χ1) is 6.42. The highest BCUT2D eigenvalue weighted by Crippen LogP contribution is 2.26. The van der Waals surface area contributed by atoms with E-state index >= 15 is 0 Å². The second kappa shape index (κ2) is 4.34. The van der Waals surface area contributed by atoms with Gasteiger partial charge in [0, 0.05) is 0 Å². The number of hydrogen-bond donors (Lipinski definition) is 0. The SMILES string of the molecule is C=Cc1ccc(OC(C)(C)C)c(I)c1. The molecule has 14 heavy (non-hydrogen) atoms. The molecule has 2 heteroatoms. The minimum absolute atomic E-state index is 0.143. The van der Waals surface area contributed by atoms with Gasteiger partial charge in [0.15, 0.2) is 0 Å². The van der Waals surface area contributed by atoms with Crippen LogP contribution in [0.1, 0.15) is 26.3 Å². The fraction of sp³-hybridized carbons (Fsp3) is 0.333. The first kappa shape index (κ1) is 11.6. The molecule has 1 aromatic rings.